The Morgan fingerprint density at radius 2 is 1.75 bits per heavy atom. The van der Waals surface area contributed by atoms with E-state index < -0.39 is 0 Å². The van der Waals surface area contributed by atoms with Crippen LogP contribution >= 0.6 is 0 Å². The second-order valence-electron chi connectivity index (χ2n) is 9.63. The minimum atomic E-state index is 0.147. The maximum absolute atomic E-state index is 13.4. The number of likely N-dealkylation sites (tertiary alicyclic amines) is 1. The van der Waals surface area contributed by atoms with Gasteiger partial charge in [0.15, 0.2) is 0 Å². The van der Waals surface area contributed by atoms with Gasteiger partial charge >= 0.3 is 6.03 Å². The predicted octanol–water partition coefficient (Wildman–Crippen LogP) is 4.98. The van der Waals surface area contributed by atoms with Crippen molar-refractivity contribution in [3.63, 3.8) is 0 Å². The maximum atomic E-state index is 13.4. The summed E-state index contributed by atoms with van der Waals surface area (Å²) in [5.41, 5.74) is 2.59. The second-order valence-corrected chi connectivity index (χ2v) is 9.63. The van der Waals surface area contributed by atoms with Crippen molar-refractivity contribution in [2.24, 2.45) is 5.92 Å². The summed E-state index contributed by atoms with van der Waals surface area (Å²) in [4.78, 5) is 18.1. The highest BCUT2D eigenvalue weighted by molar-refractivity contribution is 5.77. The number of carbonyl (C=O) groups excluding carboxylic acids is 1. The summed E-state index contributed by atoms with van der Waals surface area (Å²) in [6.07, 6.45) is 6.87. The molecule has 2 aromatic carbocycles. The van der Waals surface area contributed by atoms with Crippen LogP contribution < -0.4 is 10.1 Å². The third kappa shape index (κ3) is 4.36. The number of piperidine rings is 1. The number of nitrogens with one attached hydrogen (secondary N) is 1. The number of benzene rings is 2. The Bertz CT molecular complexity index is 910. The molecule has 3 atom stereocenters. The van der Waals surface area contributed by atoms with E-state index in [-0.39, 0.29) is 12.1 Å². The summed E-state index contributed by atoms with van der Waals surface area (Å²) >= 11 is 0. The number of hydrogen-bond acceptors (Lipinski definition) is 3. The van der Waals surface area contributed by atoms with Gasteiger partial charge in [0.2, 0.25) is 0 Å². The van der Waals surface area contributed by atoms with Gasteiger partial charge in [-0.05, 0) is 48.9 Å². The summed E-state index contributed by atoms with van der Waals surface area (Å²) in [6.45, 7) is 2.96. The van der Waals surface area contributed by atoms with E-state index >= 15 is 0 Å². The quantitative estimate of drug-likeness (QED) is 0.723. The van der Waals surface area contributed by atoms with E-state index in [4.69, 9.17) is 4.74 Å². The van der Waals surface area contributed by atoms with Crippen molar-refractivity contribution >= 4 is 6.03 Å². The third-order valence-electron chi connectivity index (χ3n) is 7.70. The number of rotatable bonds is 5. The van der Waals surface area contributed by atoms with E-state index in [1.54, 1.807) is 7.11 Å². The van der Waals surface area contributed by atoms with Gasteiger partial charge in [0.1, 0.15) is 5.75 Å². The van der Waals surface area contributed by atoms with Gasteiger partial charge in [0, 0.05) is 37.6 Å². The van der Waals surface area contributed by atoms with E-state index in [1.165, 1.54) is 30.4 Å². The SMILES string of the molecule is COc1cccc(CN2CCC(N3C(=O)NC4CCCCC4C3c3ccccc3)CC2)c1. The molecular formula is C27H35N3O2. The minimum absolute atomic E-state index is 0.147. The molecule has 3 unspecified atom stereocenters. The minimum Gasteiger partial charge on any atom is -0.497 e. The normalized spacial score (nSPS) is 27.0. The lowest BCUT2D eigenvalue weighted by molar-refractivity contribution is 0.0268. The van der Waals surface area contributed by atoms with Gasteiger partial charge in [-0.25, -0.2) is 4.79 Å². The maximum Gasteiger partial charge on any atom is 0.318 e. The first-order chi connectivity index (χ1) is 15.7. The van der Waals surface area contributed by atoms with E-state index in [1.807, 2.05) is 6.07 Å². The van der Waals surface area contributed by atoms with Crippen molar-refractivity contribution in [2.45, 2.75) is 63.2 Å². The van der Waals surface area contributed by atoms with Crippen LogP contribution in [0.4, 0.5) is 4.79 Å². The fraction of sp³-hybridized carbons (Fsp3) is 0.519. The molecule has 5 nitrogen and oxygen atoms in total. The molecule has 170 valence electrons. The van der Waals surface area contributed by atoms with Crippen LogP contribution in [-0.2, 0) is 6.54 Å². The third-order valence-corrected chi connectivity index (χ3v) is 7.70. The number of hydrogen-bond donors (Lipinski definition) is 1. The van der Waals surface area contributed by atoms with E-state index in [0.717, 1.165) is 44.6 Å². The lowest BCUT2D eigenvalue weighted by atomic mass is 9.74. The van der Waals surface area contributed by atoms with E-state index in [0.29, 0.717) is 18.0 Å². The van der Waals surface area contributed by atoms with Crippen molar-refractivity contribution in [1.29, 1.82) is 0 Å². The fourth-order valence-electron chi connectivity index (χ4n) is 6.12. The Morgan fingerprint density at radius 1 is 0.969 bits per heavy atom. The number of ether oxygens (including phenoxy) is 1. The zero-order valence-corrected chi connectivity index (χ0v) is 19.1. The van der Waals surface area contributed by atoms with Gasteiger partial charge in [-0.1, -0.05) is 55.3 Å². The average molecular weight is 434 g/mol. The van der Waals surface area contributed by atoms with Crippen molar-refractivity contribution in [3.8, 4) is 5.75 Å². The molecule has 3 aliphatic rings. The number of nitrogens with zero attached hydrogens (tertiary/aromatic N) is 2. The molecule has 3 fully saturated rings. The molecular weight excluding hydrogens is 398 g/mol. The molecule has 1 N–H and O–H groups in total. The van der Waals surface area contributed by atoms with Crippen molar-refractivity contribution < 1.29 is 9.53 Å². The summed E-state index contributed by atoms with van der Waals surface area (Å²) < 4.78 is 5.38. The fourth-order valence-corrected chi connectivity index (χ4v) is 6.12. The van der Waals surface area contributed by atoms with Crippen LogP contribution in [-0.4, -0.2) is 48.1 Å². The van der Waals surface area contributed by atoms with Crippen LogP contribution in [0.1, 0.15) is 55.7 Å². The van der Waals surface area contributed by atoms with E-state index in [9.17, 15) is 4.79 Å². The molecule has 32 heavy (non-hydrogen) atoms. The van der Waals surface area contributed by atoms with Crippen LogP contribution in [0, 0.1) is 5.92 Å². The summed E-state index contributed by atoms with van der Waals surface area (Å²) in [5, 5.41) is 3.39. The molecule has 2 aromatic rings. The van der Waals surface area contributed by atoms with Crippen LogP contribution in [0.2, 0.25) is 0 Å². The zero-order chi connectivity index (χ0) is 21.9. The first-order valence-electron chi connectivity index (χ1n) is 12.2. The smallest absolute Gasteiger partial charge is 0.318 e. The van der Waals surface area contributed by atoms with Gasteiger partial charge in [0.25, 0.3) is 0 Å². The first-order valence-corrected chi connectivity index (χ1v) is 12.2. The van der Waals surface area contributed by atoms with E-state index in [2.05, 4.69) is 63.6 Å². The Balaban J connectivity index is 1.31. The molecule has 0 radical (unpaired) electrons. The Kier molecular flexibility index (Phi) is 6.35. The molecule has 5 heteroatoms. The zero-order valence-electron chi connectivity index (χ0n) is 19.1. The van der Waals surface area contributed by atoms with Crippen LogP contribution in [0.3, 0.4) is 0 Å². The van der Waals surface area contributed by atoms with Crippen LogP contribution in [0.25, 0.3) is 0 Å². The molecule has 2 heterocycles. The topological polar surface area (TPSA) is 44.8 Å². The Hall–Kier alpha value is -2.53. The number of amides is 2. The number of urea groups is 1. The number of fused-ring (bicyclic) bond motifs is 1. The standard InChI is InChI=1S/C27H35N3O2/c1-32-23-11-7-8-20(18-23)19-29-16-14-22(15-17-29)30-26(21-9-3-2-4-10-21)24-12-5-6-13-25(24)28-27(30)31/h2-4,7-11,18,22,24-26H,5-6,12-17,19H2,1H3,(H,28,31). The van der Waals surface area contributed by atoms with Gasteiger partial charge in [0.05, 0.1) is 13.2 Å². The van der Waals surface area contributed by atoms with Gasteiger partial charge < -0.3 is 15.0 Å². The predicted molar refractivity (Wildman–Crippen MR) is 127 cm³/mol. The molecule has 0 bridgehead atoms. The Labute approximate surface area is 191 Å². The molecule has 1 saturated carbocycles. The van der Waals surface area contributed by atoms with Gasteiger partial charge in [-0.2, -0.15) is 0 Å². The number of methoxy groups -OCH3 is 1. The summed E-state index contributed by atoms with van der Waals surface area (Å²) in [7, 11) is 1.72. The highest BCUT2D eigenvalue weighted by atomic mass is 16.5. The largest absolute Gasteiger partial charge is 0.497 e. The number of carbonyl (C=O) groups is 1. The second kappa shape index (κ2) is 9.53. The molecule has 2 amide bonds. The molecule has 0 aromatic heterocycles. The highest BCUT2D eigenvalue weighted by Gasteiger charge is 2.46. The lowest BCUT2D eigenvalue weighted by Gasteiger charge is -2.52. The average Bonchev–Trinajstić information content (AvgIpc) is 2.84. The first kappa shape index (κ1) is 21.3. The molecule has 5 rings (SSSR count). The molecule has 0 spiro atoms. The summed E-state index contributed by atoms with van der Waals surface area (Å²) in [5.74, 6) is 1.42. The highest BCUT2D eigenvalue weighted by Crippen LogP contribution is 2.43. The van der Waals surface area contributed by atoms with Crippen LogP contribution in [0.5, 0.6) is 5.75 Å². The molecule has 1 aliphatic carbocycles. The molecule has 2 aliphatic heterocycles. The van der Waals surface area contributed by atoms with Crippen molar-refractivity contribution in [1.82, 2.24) is 15.1 Å². The summed E-state index contributed by atoms with van der Waals surface area (Å²) in [6, 6.07) is 20.1. The van der Waals surface area contributed by atoms with Crippen molar-refractivity contribution in [3.05, 3.63) is 65.7 Å². The monoisotopic (exact) mass is 433 g/mol. The van der Waals surface area contributed by atoms with Gasteiger partial charge in [-0.15, -0.1) is 0 Å². The molecule has 2 saturated heterocycles. The Morgan fingerprint density at radius 3 is 2.53 bits per heavy atom. The van der Waals surface area contributed by atoms with Gasteiger partial charge in [-0.3, -0.25) is 4.90 Å². The lowest BCUT2D eigenvalue weighted by Crippen LogP contribution is -2.62. The van der Waals surface area contributed by atoms with Crippen LogP contribution in [0.15, 0.2) is 54.6 Å². The van der Waals surface area contributed by atoms with Crippen molar-refractivity contribution in [2.75, 3.05) is 20.2 Å².